The van der Waals surface area contributed by atoms with Crippen molar-refractivity contribution in [2.24, 2.45) is 0 Å². The van der Waals surface area contributed by atoms with E-state index in [4.69, 9.17) is 0 Å². The maximum absolute atomic E-state index is 11.3. The Morgan fingerprint density at radius 1 is 1.64 bits per heavy atom. The van der Waals surface area contributed by atoms with Crippen LogP contribution in [0.15, 0.2) is 12.5 Å². The lowest BCUT2D eigenvalue weighted by atomic mass is 10.1. The van der Waals surface area contributed by atoms with Gasteiger partial charge in [0.25, 0.3) is 0 Å². The molecule has 0 aromatic carbocycles. The van der Waals surface area contributed by atoms with Gasteiger partial charge in [-0.3, -0.25) is 4.79 Å². The van der Waals surface area contributed by atoms with Crippen LogP contribution in [-0.2, 0) is 11.2 Å². The number of H-pyrrole nitrogens is 1. The van der Waals surface area contributed by atoms with Gasteiger partial charge in [0.1, 0.15) is 5.78 Å². The zero-order valence-corrected chi connectivity index (χ0v) is 8.87. The molecule has 0 aliphatic rings. The van der Waals surface area contributed by atoms with E-state index in [0.29, 0.717) is 12.5 Å². The van der Waals surface area contributed by atoms with E-state index >= 15 is 0 Å². The lowest BCUT2D eigenvalue weighted by Crippen LogP contribution is -2.41. The van der Waals surface area contributed by atoms with Gasteiger partial charge in [-0.1, -0.05) is 13.8 Å². The maximum Gasteiger partial charge on any atom is 0.147 e. The fourth-order valence-electron chi connectivity index (χ4n) is 1.34. The number of aromatic amines is 1. The molecule has 1 rings (SSSR count). The predicted molar refractivity (Wildman–Crippen MR) is 55.0 cm³/mol. The summed E-state index contributed by atoms with van der Waals surface area (Å²) >= 11 is 0. The second-order valence-electron chi connectivity index (χ2n) is 3.77. The lowest BCUT2D eigenvalue weighted by Gasteiger charge is -2.17. The molecule has 0 amide bonds. The topological polar surface area (TPSA) is 57.8 Å². The molecule has 1 aromatic rings. The minimum atomic E-state index is -0.115. The highest BCUT2D eigenvalue weighted by Gasteiger charge is 2.15. The smallest absolute Gasteiger partial charge is 0.147 e. The number of Topliss-reactive ketones (excluding diaryl/α,β-unsaturated/α-hetero) is 1. The fourth-order valence-corrected chi connectivity index (χ4v) is 1.34. The number of carbonyl (C=O) groups is 1. The van der Waals surface area contributed by atoms with Gasteiger partial charge in [0, 0.05) is 24.4 Å². The molecule has 2 N–H and O–H groups in total. The van der Waals surface area contributed by atoms with Gasteiger partial charge in [-0.25, -0.2) is 4.98 Å². The Balaban J connectivity index is 2.56. The summed E-state index contributed by atoms with van der Waals surface area (Å²) in [6.07, 6.45) is 4.05. The highest BCUT2D eigenvalue weighted by atomic mass is 16.1. The molecule has 0 fully saturated rings. The average molecular weight is 195 g/mol. The third-order valence-corrected chi connectivity index (χ3v) is 2.00. The molecule has 4 nitrogen and oxygen atoms in total. The first-order chi connectivity index (χ1) is 6.59. The standard InChI is InChI=1S/C10H17N3O/c1-7(2)13-10(8(3)14)4-9-5-11-6-12-9/h5-7,10,13H,4H2,1-3H3,(H,11,12). The summed E-state index contributed by atoms with van der Waals surface area (Å²) in [6, 6.07) is 0.197. The zero-order valence-electron chi connectivity index (χ0n) is 8.87. The Morgan fingerprint density at radius 2 is 2.36 bits per heavy atom. The number of imidazole rings is 1. The summed E-state index contributed by atoms with van der Waals surface area (Å²) in [6.45, 7) is 5.67. The Labute approximate surface area is 84.1 Å². The number of nitrogens with zero attached hydrogens (tertiary/aromatic N) is 1. The van der Waals surface area contributed by atoms with Crippen LogP contribution in [0.3, 0.4) is 0 Å². The number of carbonyl (C=O) groups excluding carboxylic acids is 1. The number of nitrogens with one attached hydrogen (secondary N) is 2. The van der Waals surface area contributed by atoms with Crippen molar-refractivity contribution in [2.75, 3.05) is 0 Å². The molecule has 1 unspecified atom stereocenters. The van der Waals surface area contributed by atoms with Crippen molar-refractivity contribution in [2.45, 2.75) is 39.3 Å². The second kappa shape index (κ2) is 4.91. The van der Waals surface area contributed by atoms with E-state index in [9.17, 15) is 4.79 Å². The number of aromatic nitrogens is 2. The minimum absolute atomic E-state index is 0.115. The molecule has 0 aliphatic carbocycles. The molecule has 78 valence electrons. The largest absolute Gasteiger partial charge is 0.348 e. The summed E-state index contributed by atoms with van der Waals surface area (Å²) in [4.78, 5) is 18.2. The van der Waals surface area contributed by atoms with Crippen molar-refractivity contribution in [1.82, 2.24) is 15.3 Å². The molecule has 1 heterocycles. The third-order valence-electron chi connectivity index (χ3n) is 2.00. The van der Waals surface area contributed by atoms with Crippen molar-refractivity contribution >= 4 is 5.78 Å². The van der Waals surface area contributed by atoms with Gasteiger partial charge in [0.2, 0.25) is 0 Å². The summed E-state index contributed by atoms with van der Waals surface area (Å²) < 4.78 is 0. The Morgan fingerprint density at radius 3 is 2.79 bits per heavy atom. The van der Waals surface area contributed by atoms with Gasteiger partial charge in [-0.05, 0) is 6.92 Å². The normalized spacial score (nSPS) is 13.1. The van der Waals surface area contributed by atoms with E-state index in [-0.39, 0.29) is 11.8 Å². The summed E-state index contributed by atoms with van der Waals surface area (Å²) in [5.41, 5.74) is 0.985. The third kappa shape index (κ3) is 3.30. The molecule has 0 bridgehead atoms. The summed E-state index contributed by atoms with van der Waals surface area (Å²) in [7, 11) is 0. The van der Waals surface area contributed by atoms with Crippen LogP contribution in [0.5, 0.6) is 0 Å². The average Bonchev–Trinajstić information content (AvgIpc) is 2.54. The first kappa shape index (κ1) is 10.9. The predicted octanol–water partition coefficient (Wildman–Crippen LogP) is 0.908. The molecule has 0 radical (unpaired) electrons. The molecule has 0 spiro atoms. The molecular formula is C10H17N3O. The van der Waals surface area contributed by atoms with Crippen LogP contribution >= 0.6 is 0 Å². The number of hydrogen-bond donors (Lipinski definition) is 2. The van der Waals surface area contributed by atoms with Crippen molar-refractivity contribution in [3.8, 4) is 0 Å². The van der Waals surface area contributed by atoms with E-state index in [0.717, 1.165) is 5.69 Å². The van der Waals surface area contributed by atoms with Crippen LogP contribution in [0.2, 0.25) is 0 Å². The van der Waals surface area contributed by atoms with Gasteiger partial charge in [0.15, 0.2) is 0 Å². The summed E-state index contributed by atoms with van der Waals surface area (Å²) in [5, 5.41) is 3.22. The van der Waals surface area contributed by atoms with Crippen LogP contribution in [0.1, 0.15) is 26.5 Å². The van der Waals surface area contributed by atoms with Gasteiger partial charge < -0.3 is 10.3 Å². The monoisotopic (exact) mass is 195 g/mol. The zero-order chi connectivity index (χ0) is 10.6. The SMILES string of the molecule is CC(=O)C(Cc1cnc[nH]1)NC(C)C. The number of ketones is 1. The highest BCUT2D eigenvalue weighted by Crippen LogP contribution is 2.00. The summed E-state index contributed by atoms with van der Waals surface area (Å²) in [5.74, 6) is 0.160. The minimum Gasteiger partial charge on any atom is -0.348 e. The molecule has 0 aliphatic heterocycles. The fraction of sp³-hybridized carbons (Fsp3) is 0.600. The first-order valence-corrected chi connectivity index (χ1v) is 4.83. The van der Waals surface area contributed by atoms with Crippen LogP contribution < -0.4 is 5.32 Å². The second-order valence-corrected chi connectivity index (χ2v) is 3.77. The van der Waals surface area contributed by atoms with Crippen LogP contribution in [0.4, 0.5) is 0 Å². The molecule has 14 heavy (non-hydrogen) atoms. The van der Waals surface area contributed by atoms with E-state index in [1.165, 1.54) is 0 Å². The Kier molecular flexibility index (Phi) is 3.83. The van der Waals surface area contributed by atoms with Crippen LogP contribution in [-0.4, -0.2) is 27.8 Å². The Hall–Kier alpha value is -1.16. The van der Waals surface area contributed by atoms with Gasteiger partial charge in [-0.2, -0.15) is 0 Å². The lowest BCUT2D eigenvalue weighted by molar-refractivity contribution is -0.119. The van der Waals surface area contributed by atoms with Gasteiger partial charge in [-0.15, -0.1) is 0 Å². The van der Waals surface area contributed by atoms with E-state index in [2.05, 4.69) is 15.3 Å². The van der Waals surface area contributed by atoms with Crippen molar-refractivity contribution in [3.05, 3.63) is 18.2 Å². The molecule has 1 aromatic heterocycles. The maximum atomic E-state index is 11.3. The molecule has 1 atom stereocenters. The molecular weight excluding hydrogens is 178 g/mol. The first-order valence-electron chi connectivity index (χ1n) is 4.83. The Bertz CT molecular complexity index is 280. The number of hydrogen-bond acceptors (Lipinski definition) is 3. The van der Waals surface area contributed by atoms with E-state index in [1.54, 1.807) is 19.4 Å². The molecule has 0 saturated heterocycles. The van der Waals surface area contributed by atoms with Crippen LogP contribution in [0, 0.1) is 0 Å². The molecule has 0 saturated carbocycles. The van der Waals surface area contributed by atoms with Gasteiger partial charge in [0.05, 0.1) is 12.4 Å². The quantitative estimate of drug-likeness (QED) is 0.734. The van der Waals surface area contributed by atoms with E-state index < -0.39 is 0 Å². The van der Waals surface area contributed by atoms with Gasteiger partial charge >= 0.3 is 0 Å². The van der Waals surface area contributed by atoms with Crippen molar-refractivity contribution in [3.63, 3.8) is 0 Å². The van der Waals surface area contributed by atoms with Crippen LogP contribution in [0.25, 0.3) is 0 Å². The number of rotatable bonds is 5. The van der Waals surface area contributed by atoms with Crippen molar-refractivity contribution < 1.29 is 4.79 Å². The highest BCUT2D eigenvalue weighted by molar-refractivity contribution is 5.81. The van der Waals surface area contributed by atoms with Crippen molar-refractivity contribution in [1.29, 1.82) is 0 Å². The molecule has 4 heteroatoms. The van der Waals surface area contributed by atoms with E-state index in [1.807, 2.05) is 13.8 Å².